The SMILES string of the molecule is OC1(c2ccccc2)CC(O)(c2nc(-c3ccccc3)cc3ccccc23)C1Cc1ccccc1. The summed E-state index contributed by atoms with van der Waals surface area (Å²) in [7, 11) is 0. The number of benzene rings is 4. The Hall–Kier alpha value is -3.79. The van der Waals surface area contributed by atoms with E-state index in [0.29, 0.717) is 12.1 Å². The maximum Gasteiger partial charge on any atom is 0.116 e. The maximum atomic E-state index is 12.3. The second-order valence-electron chi connectivity index (χ2n) is 9.58. The first kappa shape index (κ1) is 21.7. The monoisotopic (exact) mass is 457 g/mol. The molecule has 1 heterocycles. The first-order valence-electron chi connectivity index (χ1n) is 12.1. The van der Waals surface area contributed by atoms with E-state index in [-0.39, 0.29) is 6.42 Å². The van der Waals surface area contributed by atoms with Crippen LogP contribution in [0.15, 0.2) is 121 Å². The standard InChI is InChI=1S/C32H27NO2/c34-31(26-17-8-3-9-18-26)22-32(35,29(31)20-23-12-4-1-5-13-23)30-27-19-11-10-16-25(27)21-28(33-30)24-14-6-2-7-15-24/h1-19,21,29,34-35H,20,22H2. The number of pyridine rings is 1. The number of aliphatic hydroxyl groups is 2. The highest BCUT2D eigenvalue weighted by atomic mass is 16.3. The minimum absolute atomic E-state index is 0.191. The van der Waals surface area contributed by atoms with Crippen molar-refractivity contribution in [3.63, 3.8) is 0 Å². The highest BCUT2D eigenvalue weighted by Crippen LogP contribution is 2.60. The van der Waals surface area contributed by atoms with E-state index in [4.69, 9.17) is 4.98 Å². The van der Waals surface area contributed by atoms with E-state index in [0.717, 1.165) is 33.2 Å². The van der Waals surface area contributed by atoms with E-state index in [1.165, 1.54) is 0 Å². The van der Waals surface area contributed by atoms with Gasteiger partial charge in [0.1, 0.15) is 5.60 Å². The van der Waals surface area contributed by atoms with Crippen LogP contribution in [0.1, 0.15) is 23.2 Å². The molecule has 0 bridgehead atoms. The Kier molecular flexibility index (Phi) is 5.25. The van der Waals surface area contributed by atoms with Gasteiger partial charge in [-0.15, -0.1) is 0 Å². The van der Waals surface area contributed by atoms with Crippen LogP contribution >= 0.6 is 0 Å². The summed E-state index contributed by atoms with van der Waals surface area (Å²) in [6.07, 6.45) is 0.727. The Morgan fingerprint density at radius 3 is 2.00 bits per heavy atom. The van der Waals surface area contributed by atoms with Crippen LogP contribution in [-0.2, 0) is 17.6 Å². The van der Waals surface area contributed by atoms with Crippen LogP contribution in [0.5, 0.6) is 0 Å². The zero-order valence-corrected chi connectivity index (χ0v) is 19.4. The Morgan fingerprint density at radius 2 is 1.29 bits per heavy atom. The fourth-order valence-corrected chi connectivity index (χ4v) is 5.67. The molecule has 6 rings (SSSR count). The summed E-state index contributed by atoms with van der Waals surface area (Å²) in [5.41, 5.74) is 1.92. The van der Waals surface area contributed by atoms with Crippen molar-refractivity contribution in [3.05, 3.63) is 138 Å². The van der Waals surface area contributed by atoms with Gasteiger partial charge in [0.25, 0.3) is 0 Å². The Morgan fingerprint density at radius 1 is 0.686 bits per heavy atom. The third kappa shape index (κ3) is 3.65. The topological polar surface area (TPSA) is 53.4 Å². The van der Waals surface area contributed by atoms with Gasteiger partial charge in [-0.1, -0.05) is 115 Å². The number of aromatic nitrogens is 1. The highest BCUT2D eigenvalue weighted by molar-refractivity contribution is 5.88. The van der Waals surface area contributed by atoms with Crippen LogP contribution in [0.2, 0.25) is 0 Å². The smallest absolute Gasteiger partial charge is 0.116 e. The highest BCUT2D eigenvalue weighted by Gasteiger charge is 2.64. The third-order valence-corrected chi connectivity index (χ3v) is 7.47. The van der Waals surface area contributed by atoms with Crippen molar-refractivity contribution in [1.82, 2.24) is 4.98 Å². The second kappa shape index (κ2) is 8.46. The van der Waals surface area contributed by atoms with Gasteiger partial charge in [-0.2, -0.15) is 0 Å². The molecule has 0 aliphatic heterocycles. The Labute approximate surface area is 205 Å². The van der Waals surface area contributed by atoms with Crippen molar-refractivity contribution >= 4 is 10.8 Å². The fraction of sp³-hybridized carbons (Fsp3) is 0.156. The molecule has 0 spiro atoms. The van der Waals surface area contributed by atoms with Crippen molar-refractivity contribution in [2.45, 2.75) is 24.0 Å². The lowest BCUT2D eigenvalue weighted by molar-refractivity contribution is -0.252. The molecule has 172 valence electrons. The lowest BCUT2D eigenvalue weighted by atomic mass is 9.52. The molecule has 0 amide bonds. The maximum absolute atomic E-state index is 12.3. The molecular formula is C32H27NO2. The fourth-order valence-electron chi connectivity index (χ4n) is 5.67. The molecule has 3 heteroatoms. The lowest BCUT2D eigenvalue weighted by Crippen LogP contribution is -2.63. The van der Waals surface area contributed by atoms with Crippen LogP contribution < -0.4 is 0 Å². The number of nitrogens with zero attached hydrogens (tertiary/aromatic N) is 1. The van der Waals surface area contributed by atoms with Crippen molar-refractivity contribution < 1.29 is 10.2 Å². The molecule has 35 heavy (non-hydrogen) atoms. The van der Waals surface area contributed by atoms with Crippen LogP contribution in [0.4, 0.5) is 0 Å². The molecule has 0 saturated heterocycles. The number of fused-ring (bicyclic) bond motifs is 1. The van der Waals surface area contributed by atoms with Crippen molar-refractivity contribution in [1.29, 1.82) is 0 Å². The van der Waals surface area contributed by atoms with Gasteiger partial charge in [0, 0.05) is 23.3 Å². The van der Waals surface area contributed by atoms with E-state index < -0.39 is 17.1 Å². The Balaban J connectivity index is 1.53. The van der Waals surface area contributed by atoms with Crippen LogP contribution in [0, 0.1) is 5.92 Å². The summed E-state index contributed by atoms with van der Waals surface area (Å²) in [5, 5.41) is 26.3. The summed E-state index contributed by atoms with van der Waals surface area (Å²) in [6, 6.07) is 40.0. The summed E-state index contributed by atoms with van der Waals surface area (Å²) in [4.78, 5) is 5.05. The van der Waals surface area contributed by atoms with Crippen molar-refractivity contribution in [3.8, 4) is 11.3 Å². The molecule has 5 aromatic rings. The molecule has 3 unspecified atom stereocenters. The quantitative estimate of drug-likeness (QED) is 0.328. The van der Waals surface area contributed by atoms with E-state index in [1.54, 1.807) is 0 Å². The number of rotatable bonds is 5. The molecule has 3 nitrogen and oxygen atoms in total. The predicted molar refractivity (Wildman–Crippen MR) is 140 cm³/mol. The molecule has 1 fully saturated rings. The average molecular weight is 458 g/mol. The van der Waals surface area contributed by atoms with Gasteiger partial charge in [-0.05, 0) is 29.0 Å². The third-order valence-electron chi connectivity index (χ3n) is 7.47. The van der Waals surface area contributed by atoms with E-state index in [9.17, 15) is 10.2 Å². The molecule has 0 radical (unpaired) electrons. The number of hydrogen-bond donors (Lipinski definition) is 2. The van der Waals surface area contributed by atoms with E-state index in [1.807, 2.05) is 97.1 Å². The lowest BCUT2D eigenvalue weighted by Gasteiger charge is -2.57. The van der Waals surface area contributed by atoms with Crippen LogP contribution in [0.3, 0.4) is 0 Å². The van der Waals surface area contributed by atoms with Gasteiger partial charge >= 0.3 is 0 Å². The van der Waals surface area contributed by atoms with Gasteiger partial charge in [0.05, 0.1) is 17.0 Å². The summed E-state index contributed by atoms with van der Waals surface area (Å²) in [6.45, 7) is 0. The van der Waals surface area contributed by atoms with E-state index in [2.05, 4.69) is 24.3 Å². The predicted octanol–water partition coefficient (Wildman–Crippen LogP) is 6.24. The van der Waals surface area contributed by atoms with Gasteiger partial charge in [0.2, 0.25) is 0 Å². The molecule has 1 aliphatic carbocycles. The number of hydrogen-bond acceptors (Lipinski definition) is 3. The molecule has 2 N–H and O–H groups in total. The minimum atomic E-state index is -1.29. The van der Waals surface area contributed by atoms with Crippen molar-refractivity contribution in [2.75, 3.05) is 0 Å². The molecule has 4 aromatic carbocycles. The molecule has 1 saturated carbocycles. The summed E-state index contributed by atoms with van der Waals surface area (Å²) in [5.74, 6) is -0.457. The molecule has 3 atom stereocenters. The summed E-state index contributed by atoms with van der Waals surface area (Å²) >= 11 is 0. The molecule has 1 aromatic heterocycles. The van der Waals surface area contributed by atoms with E-state index >= 15 is 0 Å². The minimum Gasteiger partial charge on any atom is -0.385 e. The summed E-state index contributed by atoms with van der Waals surface area (Å²) < 4.78 is 0. The van der Waals surface area contributed by atoms with Crippen LogP contribution in [-0.4, -0.2) is 15.2 Å². The average Bonchev–Trinajstić information content (AvgIpc) is 2.92. The first-order chi connectivity index (χ1) is 17.1. The van der Waals surface area contributed by atoms with Gasteiger partial charge in [-0.25, -0.2) is 4.98 Å². The second-order valence-corrected chi connectivity index (χ2v) is 9.58. The molecular weight excluding hydrogens is 430 g/mol. The zero-order chi connectivity index (χ0) is 23.9. The normalized spacial score (nSPS) is 23.7. The molecule has 1 aliphatic rings. The largest absolute Gasteiger partial charge is 0.385 e. The first-order valence-corrected chi connectivity index (χ1v) is 12.1. The zero-order valence-electron chi connectivity index (χ0n) is 19.4. The van der Waals surface area contributed by atoms with Gasteiger partial charge in [0.15, 0.2) is 0 Å². The van der Waals surface area contributed by atoms with Crippen LogP contribution in [0.25, 0.3) is 22.0 Å². The Bertz CT molecular complexity index is 1470. The van der Waals surface area contributed by atoms with Crippen molar-refractivity contribution in [2.24, 2.45) is 5.92 Å². The van der Waals surface area contributed by atoms with Gasteiger partial charge < -0.3 is 10.2 Å². The van der Waals surface area contributed by atoms with Gasteiger partial charge in [-0.3, -0.25) is 0 Å².